The summed E-state index contributed by atoms with van der Waals surface area (Å²) in [6.07, 6.45) is -4.36. The van der Waals surface area contributed by atoms with Gasteiger partial charge in [0, 0.05) is 0 Å². The van der Waals surface area contributed by atoms with Gasteiger partial charge in [0.2, 0.25) is 0 Å². The first-order valence-electron chi connectivity index (χ1n) is 9.98. The number of para-hydroxylation sites is 2. The monoisotopic (exact) mass is 457 g/mol. The minimum Gasteiger partial charge on any atom is -0.489 e. The van der Waals surface area contributed by atoms with Gasteiger partial charge in [-0.1, -0.05) is 54.6 Å². The number of carboxylic acid groups (broad SMARTS) is 1. The van der Waals surface area contributed by atoms with Crippen LogP contribution >= 0.6 is 0 Å². The molecule has 33 heavy (non-hydrogen) atoms. The number of fused-ring (bicyclic) bond motifs is 1. The van der Waals surface area contributed by atoms with Crippen LogP contribution in [0.1, 0.15) is 23.0 Å². The van der Waals surface area contributed by atoms with Crippen molar-refractivity contribution in [3.8, 4) is 5.75 Å². The zero-order chi connectivity index (χ0) is 23.8. The molecule has 1 atom stereocenters. The number of halogens is 3. The van der Waals surface area contributed by atoms with E-state index in [-0.39, 0.29) is 6.04 Å². The minimum atomic E-state index is -5.08. The second-order valence-corrected chi connectivity index (χ2v) is 7.17. The number of nitrogens with two attached hydrogens (primary N) is 1. The molecule has 4 aromatic rings. The van der Waals surface area contributed by atoms with Crippen LogP contribution < -0.4 is 10.5 Å². The number of alkyl halides is 3. The van der Waals surface area contributed by atoms with Crippen molar-refractivity contribution in [3.05, 3.63) is 95.8 Å². The third-order valence-corrected chi connectivity index (χ3v) is 4.63. The lowest BCUT2D eigenvalue weighted by atomic mass is 10.1. The highest BCUT2D eigenvalue weighted by Crippen LogP contribution is 2.20. The highest BCUT2D eigenvalue weighted by atomic mass is 19.4. The van der Waals surface area contributed by atoms with Gasteiger partial charge in [0.15, 0.2) is 0 Å². The molecule has 0 fully saturated rings. The Hall–Kier alpha value is -3.85. The van der Waals surface area contributed by atoms with Crippen LogP contribution in [0, 0.1) is 0 Å². The molecule has 0 radical (unpaired) electrons. The van der Waals surface area contributed by atoms with E-state index in [4.69, 9.17) is 20.4 Å². The fraction of sp³-hybridized carbons (Fsp3) is 0.167. The fourth-order valence-corrected chi connectivity index (χ4v) is 2.96. The number of ether oxygens (including phenoxy) is 1. The van der Waals surface area contributed by atoms with Crippen LogP contribution in [0.5, 0.6) is 5.75 Å². The zero-order valence-electron chi connectivity index (χ0n) is 17.4. The first-order chi connectivity index (χ1) is 15.7. The second-order valence-electron chi connectivity index (χ2n) is 7.17. The number of aliphatic carboxylic acids is 1. The fourth-order valence-electron chi connectivity index (χ4n) is 2.96. The molecule has 3 aromatic carbocycles. The number of hydrogen-bond acceptors (Lipinski definition) is 4. The predicted molar refractivity (Wildman–Crippen MR) is 118 cm³/mol. The van der Waals surface area contributed by atoms with E-state index in [2.05, 4.69) is 34.2 Å². The number of imidazole rings is 1. The average molecular weight is 457 g/mol. The summed E-state index contributed by atoms with van der Waals surface area (Å²) < 4.78 is 37.6. The number of aromatic nitrogens is 2. The van der Waals surface area contributed by atoms with E-state index in [9.17, 15) is 13.2 Å². The molecule has 0 spiro atoms. The van der Waals surface area contributed by atoms with Crippen molar-refractivity contribution < 1.29 is 27.8 Å². The van der Waals surface area contributed by atoms with Crippen molar-refractivity contribution in [2.24, 2.45) is 5.73 Å². The van der Waals surface area contributed by atoms with Crippen molar-refractivity contribution in [3.63, 3.8) is 0 Å². The van der Waals surface area contributed by atoms with Crippen LogP contribution in [0.25, 0.3) is 11.0 Å². The summed E-state index contributed by atoms with van der Waals surface area (Å²) >= 11 is 0. The number of nitrogens with one attached hydrogen (secondary N) is 1. The standard InChI is InChI=1S/C22H21N3O.C2HF3O2/c23-19(22-24-20-8-4-5-9-21(20)25-22)14-16-10-12-18(13-11-16)26-15-17-6-2-1-3-7-17;3-2(4,5)1(6)7/h1-13,19H,14-15,23H2,(H,24,25);(H,6,7)/t19-;/m0./s1. The number of aromatic amines is 1. The van der Waals surface area contributed by atoms with Crippen LogP contribution in [0.2, 0.25) is 0 Å². The van der Waals surface area contributed by atoms with E-state index in [1.165, 1.54) is 0 Å². The SMILES string of the molecule is N[C@@H](Cc1ccc(OCc2ccccc2)cc1)c1nc2ccccc2[nH]1.O=C(O)C(F)(F)F. The van der Waals surface area contributed by atoms with E-state index in [0.29, 0.717) is 6.61 Å². The first-order valence-corrected chi connectivity index (χ1v) is 9.98. The Bertz CT molecular complexity index is 1140. The molecule has 6 nitrogen and oxygen atoms in total. The smallest absolute Gasteiger partial charge is 0.489 e. The van der Waals surface area contributed by atoms with Crippen LogP contribution in [-0.2, 0) is 17.8 Å². The lowest BCUT2D eigenvalue weighted by molar-refractivity contribution is -0.192. The molecule has 4 N–H and O–H groups in total. The average Bonchev–Trinajstić information content (AvgIpc) is 3.24. The van der Waals surface area contributed by atoms with Gasteiger partial charge in [-0.15, -0.1) is 0 Å². The minimum absolute atomic E-state index is 0.168. The van der Waals surface area contributed by atoms with Crippen molar-refractivity contribution in [1.29, 1.82) is 0 Å². The summed E-state index contributed by atoms with van der Waals surface area (Å²) in [6, 6.07) is 26.0. The van der Waals surface area contributed by atoms with Crippen molar-refractivity contribution in [2.45, 2.75) is 25.2 Å². The number of rotatable bonds is 6. The summed E-state index contributed by atoms with van der Waals surface area (Å²) in [7, 11) is 0. The Morgan fingerprint density at radius 2 is 1.58 bits per heavy atom. The summed E-state index contributed by atoms with van der Waals surface area (Å²) in [5, 5.41) is 7.12. The van der Waals surface area contributed by atoms with Crippen molar-refractivity contribution >= 4 is 17.0 Å². The molecular weight excluding hydrogens is 435 g/mol. The molecule has 0 saturated heterocycles. The molecule has 0 aliphatic carbocycles. The molecule has 0 amide bonds. The van der Waals surface area contributed by atoms with Gasteiger partial charge in [0.1, 0.15) is 18.2 Å². The van der Waals surface area contributed by atoms with Gasteiger partial charge in [-0.2, -0.15) is 13.2 Å². The largest absolute Gasteiger partial charge is 0.490 e. The van der Waals surface area contributed by atoms with E-state index < -0.39 is 12.1 Å². The molecule has 9 heteroatoms. The van der Waals surface area contributed by atoms with Gasteiger partial charge in [-0.3, -0.25) is 0 Å². The quantitative estimate of drug-likeness (QED) is 0.378. The molecular formula is C24H22F3N3O3. The second kappa shape index (κ2) is 10.6. The van der Waals surface area contributed by atoms with Crippen molar-refractivity contribution in [1.82, 2.24) is 9.97 Å². The van der Waals surface area contributed by atoms with E-state index in [0.717, 1.165) is 40.2 Å². The van der Waals surface area contributed by atoms with Gasteiger partial charge in [-0.25, -0.2) is 9.78 Å². The topological polar surface area (TPSA) is 101 Å². The lowest BCUT2D eigenvalue weighted by Gasteiger charge is -2.10. The van der Waals surface area contributed by atoms with E-state index in [1.54, 1.807) is 0 Å². The number of carbonyl (C=O) groups is 1. The van der Waals surface area contributed by atoms with Gasteiger partial charge >= 0.3 is 12.1 Å². The Labute approximate surface area is 187 Å². The third-order valence-electron chi connectivity index (χ3n) is 4.63. The van der Waals surface area contributed by atoms with Gasteiger partial charge in [0.05, 0.1) is 17.1 Å². The summed E-state index contributed by atoms with van der Waals surface area (Å²) in [6.45, 7) is 0.568. The summed E-state index contributed by atoms with van der Waals surface area (Å²) in [5.74, 6) is -1.09. The van der Waals surface area contributed by atoms with Crippen LogP contribution in [0.15, 0.2) is 78.9 Å². The molecule has 172 valence electrons. The number of nitrogens with zero attached hydrogens (tertiary/aromatic N) is 1. The molecule has 0 aliphatic rings. The van der Waals surface area contributed by atoms with Gasteiger partial charge in [0.25, 0.3) is 0 Å². The first kappa shape index (κ1) is 23.8. The maximum absolute atomic E-state index is 10.6. The molecule has 0 bridgehead atoms. The van der Waals surface area contributed by atoms with Gasteiger partial charge in [-0.05, 0) is 41.8 Å². The van der Waals surface area contributed by atoms with Crippen LogP contribution in [0.4, 0.5) is 13.2 Å². The maximum atomic E-state index is 10.6. The van der Waals surface area contributed by atoms with E-state index >= 15 is 0 Å². The predicted octanol–water partition coefficient (Wildman–Crippen LogP) is 5.02. The molecule has 0 unspecified atom stereocenters. The van der Waals surface area contributed by atoms with E-state index in [1.807, 2.05) is 54.6 Å². The normalized spacial score (nSPS) is 12.0. The maximum Gasteiger partial charge on any atom is 0.490 e. The Balaban J connectivity index is 0.000000383. The number of benzene rings is 3. The molecule has 0 saturated carbocycles. The van der Waals surface area contributed by atoms with Crippen LogP contribution in [-0.4, -0.2) is 27.2 Å². The molecule has 1 heterocycles. The zero-order valence-corrected chi connectivity index (χ0v) is 17.4. The molecule has 1 aromatic heterocycles. The van der Waals surface area contributed by atoms with Crippen LogP contribution in [0.3, 0.4) is 0 Å². The number of H-pyrrole nitrogens is 1. The Morgan fingerprint density at radius 3 is 2.18 bits per heavy atom. The lowest BCUT2D eigenvalue weighted by Crippen LogP contribution is -2.21. The highest BCUT2D eigenvalue weighted by molar-refractivity contribution is 5.74. The third kappa shape index (κ3) is 7.08. The molecule has 0 aliphatic heterocycles. The number of hydrogen-bond donors (Lipinski definition) is 3. The summed E-state index contributed by atoms with van der Waals surface area (Å²) in [5.41, 5.74) is 10.6. The highest BCUT2D eigenvalue weighted by Gasteiger charge is 2.38. The number of carboxylic acids is 1. The molecule has 4 rings (SSSR count). The summed E-state index contributed by atoms with van der Waals surface area (Å²) in [4.78, 5) is 16.8. The van der Waals surface area contributed by atoms with Crippen molar-refractivity contribution in [2.75, 3.05) is 0 Å². The van der Waals surface area contributed by atoms with Gasteiger partial charge < -0.3 is 20.6 Å². The Morgan fingerprint density at radius 1 is 0.970 bits per heavy atom. The Kier molecular flexibility index (Phi) is 7.68.